The molecule has 0 bridgehead atoms. The Morgan fingerprint density at radius 1 is 0.935 bits per heavy atom. The van der Waals surface area contributed by atoms with E-state index in [1.54, 1.807) is 18.4 Å². The van der Waals surface area contributed by atoms with Gasteiger partial charge in [-0.1, -0.05) is 59.8 Å². The molecule has 0 aliphatic heterocycles. The van der Waals surface area contributed by atoms with Crippen molar-refractivity contribution in [2.45, 2.75) is 32.6 Å². The number of furan rings is 1. The molecule has 0 fully saturated rings. The molecule has 0 spiro atoms. The summed E-state index contributed by atoms with van der Waals surface area (Å²) < 4.78 is 16.2. The van der Waals surface area contributed by atoms with Gasteiger partial charge in [0.2, 0.25) is 17.6 Å². The van der Waals surface area contributed by atoms with Crippen molar-refractivity contribution < 1.29 is 18.5 Å². The number of nitrogens with one attached hydrogen (secondary N) is 1. The summed E-state index contributed by atoms with van der Waals surface area (Å²) in [4.78, 5) is 16.4. The van der Waals surface area contributed by atoms with Gasteiger partial charge in [0.05, 0.1) is 19.5 Å². The number of aromatic nitrogens is 2. The molecule has 4 rings (SSSR count). The number of carbonyl (C=O) groups excluding carboxylic acids is 1. The molecule has 2 aromatic carbocycles. The molecule has 4 aromatic rings. The van der Waals surface area contributed by atoms with Crippen molar-refractivity contribution in [1.29, 1.82) is 0 Å². The average Bonchev–Trinajstić information content (AvgIpc) is 3.49. The van der Waals surface area contributed by atoms with Crippen LogP contribution < -0.4 is 5.32 Å². The predicted molar refractivity (Wildman–Crippen MR) is 114 cm³/mol. The van der Waals surface area contributed by atoms with Gasteiger partial charge in [0.15, 0.2) is 5.76 Å². The summed E-state index contributed by atoms with van der Waals surface area (Å²) in [5, 5.41) is 6.78. The Kier molecular flexibility index (Phi) is 6.87. The van der Waals surface area contributed by atoms with Gasteiger partial charge in [0.1, 0.15) is 0 Å². The fraction of sp³-hybridized carbons (Fsp3) is 0.208. The molecule has 0 saturated carbocycles. The van der Waals surface area contributed by atoms with Crippen molar-refractivity contribution in [2.24, 2.45) is 0 Å². The number of hydrogen-bond acceptors (Lipinski definition) is 6. The summed E-state index contributed by atoms with van der Waals surface area (Å²) >= 11 is 0. The lowest BCUT2D eigenvalue weighted by atomic mass is 10.1. The van der Waals surface area contributed by atoms with Gasteiger partial charge >= 0.3 is 0 Å². The van der Waals surface area contributed by atoms with Crippen LogP contribution in [-0.2, 0) is 35.7 Å². The number of rotatable bonds is 10. The van der Waals surface area contributed by atoms with E-state index in [9.17, 15) is 4.79 Å². The fourth-order valence-corrected chi connectivity index (χ4v) is 3.06. The highest BCUT2D eigenvalue weighted by molar-refractivity contribution is 5.76. The van der Waals surface area contributed by atoms with E-state index in [-0.39, 0.29) is 12.3 Å². The van der Waals surface area contributed by atoms with Crippen LogP contribution in [0.4, 0.5) is 0 Å². The summed E-state index contributed by atoms with van der Waals surface area (Å²) in [5.74, 6) is 1.24. The molecular weight excluding hydrogens is 394 g/mol. The van der Waals surface area contributed by atoms with Gasteiger partial charge in [-0.3, -0.25) is 4.79 Å². The zero-order chi connectivity index (χ0) is 21.3. The van der Waals surface area contributed by atoms with E-state index >= 15 is 0 Å². The third-order valence-electron chi connectivity index (χ3n) is 4.64. The summed E-state index contributed by atoms with van der Waals surface area (Å²) in [6.07, 6.45) is 2.18. The lowest BCUT2D eigenvalue weighted by Crippen LogP contribution is -2.23. The van der Waals surface area contributed by atoms with Crippen LogP contribution in [0.1, 0.15) is 29.0 Å². The smallest absolute Gasteiger partial charge is 0.238 e. The van der Waals surface area contributed by atoms with Gasteiger partial charge in [-0.2, -0.15) is 4.98 Å². The van der Waals surface area contributed by atoms with E-state index in [4.69, 9.17) is 13.7 Å². The Labute approximate surface area is 180 Å². The summed E-state index contributed by atoms with van der Waals surface area (Å²) in [7, 11) is 0. The van der Waals surface area contributed by atoms with E-state index in [0.717, 1.165) is 16.7 Å². The molecule has 158 valence electrons. The number of ether oxygens (including phenoxy) is 1. The van der Waals surface area contributed by atoms with E-state index in [1.807, 2.05) is 54.6 Å². The van der Waals surface area contributed by atoms with E-state index in [0.29, 0.717) is 43.7 Å². The van der Waals surface area contributed by atoms with Crippen LogP contribution in [0, 0.1) is 0 Å². The van der Waals surface area contributed by atoms with E-state index < -0.39 is 0 Å². The molecule has 31 heavy (non-hydrogen) atoms. The van der Waals surface area contributed by atoms with Crippen LogP contribution in [-0.4, -0.2) is 16.0 Å². The largest absolute Gasteiger partial charge is 0.461 e. The molecule has 0 atom stereocenters. The number of benzene rings is 2. The third kappa shape index (κ3) is 6.13. The minimum absolute atomic E-state index is 0.0801. The van der Waals surface area contributed by atoms with E-state index in [2.05, 4.69) is 15.5 Å². The van der Waals surface area contributed by atoms with Gasteiger partial charge in [0.25, 0.3) is 0 Å². The Morgan fingerprint density at radius 3 is 2.58 bits per heavy atom. The van der Waals surface area contributed by atoms with Crippen molar-refractivity contribution in [3.8, 4) is 11.6 Å². The summed E-state index contributed by atoms with van der Waals surface area (Å²) in [5.41, 5.74) is 3.23. The van der Waals surface area contributed by atoms with Crippen LogP contribution in [0.25, 0.3) is 11.6 Å². The lowest BCUT2D eigenvalue weighted by Gasteiger charge is -2.08. The van der Waals surface area contributed by atoms with Gasteiger partial charge in [-0.05, 0) is 28.8 Å². The maximum Gasteiger partial charge on any atom is 0.238 e. The first kappa shape index (κ1) is 20.6. The van der Waals surface area contributed by atoms with Crippen LogP contribution in [0.15, 0.2) is 81.9 Å². The van der Waals surface area contributed by atoms with Crippen LogP contribution in [0.3, 0.4) is 0 Å². The molecule has 0 unspecified atom stereocenters. The van der Waals surface area contributed by atoms with Crippen molar-refractivity contribution >= 4 is 5.91 Å². The molecule has 0 radical (unpaired) electrons. The standard InChI is InChI=1S/C24H23N3O4/c28-22(11-12-23-26-24(27-31-23)21-10-5-13-30-21)25-15-19-8-4-9-20(14-19)17-29-16-18-6-2-1-3-7-18/h1-10,13-14H,11-12,15-17H2,(H,25,28). The van der Waals surface area contributed by atoms with Crippen molar-refractivity contribution in [3.05, 3.63) is 95.6 Å². The number of carbonyl (C=O) groups is 1. The Balaban J connectivity index is 1.20. The quantitative estimate of drug-likeness (QED) is 0.414. The zero-order valence-corrected chi connectivity index (χ0v) is 17.0. The molecule has 7 nitrogen and oxygen atoms in total. The molecule has 2 heterocycles. The molecule has 1 N–H and O–H groups in total. The Hall–Kier alpha value is -3.71. The molecule has 7 heteroatoms. The van der Waals surface area contributed by atoms with Gasteiger partial charge in [-0.25, -0.2) is 0 Å². The highest BCUT2D eigenvalue weighted by Crippen LogP contribution is 2.16. The normalized spacial score (nSPS) is 10.8. The number of hydrogen-bond donors (Lipinski definition) is 1. The van der Waals surface area contributed by atoms with Crippen molar-refractivity contribution in [1.82, 2.24) is 15.5 Å². The SMILES string of the molecule is O=C(CCc1nc(-c2ccco2)no1)NCc1cccc(COCc2ccccc2)c1. The summed E-state index contributed by atoms with van der Waals surface area (Å²) in [6, 6.07) is 21.6. The van der Waals surface area contributed by atoms with Crippen molar-refractivity contribution in [3.63, 3.8) is 0 Å². The average molecular weight is 417 g/mol. The topological polar surface area (TPSA) is 90.4 Å². The second-order valence-electron chi connectivity index (χ2n) is 7.06. The molecular formula is C24H23N3O4. The molecule has 0 aliphatic rings. The van der Waals surface area contributed by atoms with E-state index in [1.165, 1.54) is 0 Å². The Morgan fingerprint density at radius 2 is 1.74 bits per heavy atom. The molecule has 1 amide bonds. The second kappa shape index (κ2) is 10.4. The van der Waals surface area contributed by atoms with Gasteiger partial charge in [0, 0.05) is 19.4 Å². The molecule has 0 saturated heterocycles. The summed E-state index contributed by atoms with van der Waals surface area (Å²) in [6.45, 7) is 1.54. The van der Waals surface area contributed by atoms with Crippen LogP contribution in [0.5, 0.6) is 0 Å². The van der Waals surface area contributed by atoms with Crippen LogP contribution >= 0.6 is 0 Å². The first-order valence-electron chi connectivity index (χ1n) is 10.1. The maximum absolute atomic E-state index is 12.2. The second-order valence-corrected chi connectivity index (χ2v) is 7.06. The number of amides is 1. The first-order chi connectivity index (χ1) is 15.3. The van der Waals surface area contributed by atoms with Gasteiger partial charge < -0.3 is 19.0 Å². The molecule has 2 aromatic heterocycles. The number of nitrogens with zero attached hydrogens (tertiary/aromatic N) is 2. The van der Waals surface area contributed by atoms with Crippen LogP contribution in [0.2, 0.25) is 0 Å². The third-order valence-corrected chi connectivity index (χ3v) is 4.64. The highest BCUT2D eigenvalue weighted by atomic mass is 16.5. The first-order valence-corrected chi connectivity index (χ1v) is 10.1. The lowest BCUT2D eigenvalue weighted by molar-refractivity contribution is -0.121. The monoisotopic (exact) mass is 417 g/mol. The van der Waals surface area contributed by atoms with Gasteiger partial charge in [-0.15, -0.1) is 0 Å². The highest BCUT2D eigenvalue weighted by Gasteiger charge is 2.12. The Bertz CT molecular complexity index is 1090. The zero-order valence-electron chi connectivity index (χ0n) is 17.0. The minimum Gasteiger partial charge on any atom is -0.461 e. The molecule has 0 aliphatic carbocycles. The predicted octanol–water partition coefficient (Wildman–Crippen LogP) is 4.30. The number of aryl methyl sites for hydroxylation is 1. The van der Waals surface area contributed by atoms with Crippen molar-refractivity contribution in [2.75, 3.05) is 0 Å². The maximum atomic E-state index is 12.2. The minimum atomic E-state index is -0.0801. The fourth-order valence-electron chi connectivity index (χ4n) is 3.06.